The minimum atomic E-state index is -1.12. The number of carbonyl (C=O) groups is 4. The number of benzene rings is 2. The molecule has 0 heterocycles. The Hall–Kier alpha value is -3.88. The van der Waals surface area contributed by atoms with Crippen LogP contribution in [-0.4, -0.2) is 46.9 Å². The standard InChI is InChI=1S/C28H38N4O5/c1-7-32(26(35)22(16-17-23(29)33)31-27(36)37-28(4,5)6)24(20-14-12-18(2)13-15-20)25(34)30-21-11-9-8-10-19(21)3/h8-15,22,24H,7,16-17H2,1-6H3,(H2,29,33)(H,30,34)(H,31,36). The summed E-state index contributed by atoms with van der Waals surface area (Å²) >= 11 is 0. The highest BCUT2D eigenvalue weighted by Gasteiger charge is 2.35. The number of rotatable bonds is 10. The van der Waals surface area contributed by atoms with Gasteiger partial charge in [-0.15, -0.1) is 0 Å². The predicted octanol–water partition coefficient (Wildman–Crippen LogP) is 3.99. The number of hydrogen-bond donors (Lipinski definition) is 3. The van der Waals surface area contributed by atoms with Crippen LogP contribution < -0.4 is 16.4 Å². The van der Waals surface area contributed by atoms with E-state index >= 15 is 0 Å². The molecule has 9 nitrogen and oxygen atoms in total. The van der Waals surface area contributed by atoms with E-state index in [-0.39, 0.29) is 19.4 Å². The molecule has 0 aliphatic carbocycles. The maximum atomic E-state index is 13.8. The number of para-hydroxylation sites is 1. The largest absolute Gasteiger partial charge is 0.444 e. The Kier molecular flexibility index (Phi) is 10.2. The van der Waals surface area contributed by atoms with Gasteiger partial charge in [0.15, 0.2) is 0 Å². The van der Waals surface area contributed by atoms with Crippen molar-refractivity contribution in [2.45, 2.75) is 72.1 Å². The van der Waals surface area contributed by atoms with Gasteiger partial charge < -0.3 is 26.0 Å². The zero-order chi connectivity index (χ0) is 27.8. The molecule has 2 atom stereocenters. The number of ether oxygens (including phenoxy) is 1. The molecule has 0 aliphatic heterocycles. The van der Waals surface area contributed by atoms with Gasteiger partial charge in [-0.3, -0.25) is 14.4 Å². The number of nitrogens with zero attached hydrogens (tertiary/aromatic N) is 1. The van der Waals surface area contributed by atoms with Crippen LogP contribution in [0, 0.1) is 13.8 Å². The second-order valence-electron chi connectivity index (χ2n) is 9.95. The number of aryl methyl sites for hydroxylation is 2. The first-order valence-corrected chi connectivity index (χ1v) is 12.3. The highest BCUT2D eigenvalue weighted by Crippen LogP contribution is 2.26. The maximum Gasteiger partial charge on any atom is 0.408 e. The Morgan fingerprint density at radius 3 is 2.16 bits per heavy atom. The van der Waals surface area contributed by atoms with Gasteiger partial charge >= 0.3 is 6.09 Å². The van der Waals surface area contributed by atoms with E-state index in [1.54, 1.807) is 45.9 Å². The summed E-state index contributed by atoms with van der Waals surface area (Å²) in [6.07, 6.45) is -0.971. The van der Waals surface area contributed by atoms with Gasteiger partial charge in [0.2, 0.25) is 11.8 Å². The van der Waals surface area contributed by atoms with Crippen LogP contribution in [0.4, 0.5) is 10.5 Å². The van der Waals surface area contributed by atoms with Gasteiger partial charge in [0, 0.05) is 18.7 Å². The van der Waals surface area contributed by atoms with Crippen molar-refractivity contribution in [1.29, 1.82) is 0 Å². The van der Waals surface area contributed by atoms with E-state index in [0.717, 1.165) is 11.1 Å². The van der Waals surface area contributed by atoms with E-state index in [1.807, 2.05) is 44.2 Å². The zero-order valence-electron chi connectivity index (χ0n) is 22.5. The number of carbonyl (C=O) groups excluding carboxylic acids is 4. The number of nitrogens with two attached hydrogens (primary N) is 1. The fourth-order valence-electron chi connectivity index (χ4n) is 3.80. The quantitative estimate of drug-likeness (QED) is 0.445. The molecule has 2 unspecified atom stereocenters. The van der Waals surface area contributed by atoms with Gasteiger partial charge in [0.1, 0.15) is 17.7 Å². The third-order valence-electron chi connectivity index (χ3n) is 5.65. The third-order valence-corrected chi connectivity index (χ3v) is 5.65. The van der Waals surface area contributed by atoms with E-state index in [9.17, 15) is 19.2 Å². The van der Waals surface area contributed by atoms with E-state index in [0.29, 0.717) is 11.3 Å². The number of hydrogen-bond acceptors (Lipinski definition) is 5. The van der Waals surface area contributed by atoms with E-state index < -0.39 is 41.5 Å². The topological polar surface area (TPSA) is 131 Å². The van der Waals surface area contributed by atoms with Gasteiger partial charge in [-0.2, -0.15) is 0 Å². The maximum absolute atomic E-state index is 13.8. The normalized spacial score (nSPS) is 12.7. The lowest BCUT2D eigenvalue weighted by atomic mass is 10.0. The lowest BCUT2D eigenvalue weighted by Crippen LogP contribution is -2.52. The number of nitrogens with one attached hydrogen (secondary N) is 2. The monoisotopic (exact) mass is 510 g/mol. The summed E-state index contributed by atoms with van der Waals surface area (Å²) in [6, 6.07) is 12.6. The first-order chi connectivity index (χ1) is 17.3. The van der Waals surface area contributed by atoms with Crippen LogP contribution in [0.3, 0.4) is 0 Å². The molecule has 0 saturated carbocycles. The third kappa shape index (κ3) is 8.93. The summed E-state index contributed by atoms with van der Waals surface area (Å²) in [5.74, 6) is -1.54. The van der Waals surface area contributed by atoms with Crippen molar-refractivity contribution in [1.82, 2.24) is 10.2 Å². The molecule has 200 valence electrons. The van der Waals surface area contributed by atoms with Crippen LogP contribution in [0.25, 0.3) is 0 Å². The van der Waals surface area contributed by atoms with Gasteiger partial charge in [-0.05, 0) is 65.2 Å². The highest BCUT2D eigenvalue weighted by molar-refractivity contribution is 5.99. The van der Waals surface area contributed by atoms with Crippen LogP contribution >= 0.6 is 0 Å². The molecule has 2 rings (SSSR count). The van der Waals surface area contributed by atoms with Crippen molar-refractivity contribution in [2.75, 3.05) is 11.9 Å². The summed E-state index contributed by atoms with van der Waals surface area (Å²) in [4.78, 5) is 52.9. The minimum absolute atomic E-state index is 0.0378. The Morgan fingerprint density at radius 1 is 1.00 bits per heavy atom. The average molecular weight is 511 g/mol. The molecule has 4 amide bonds. The summed E-state index contributed by atoms with van der Waals surface area (Å²) in [6.45, 7) is 10.8. The molecule has 0 fully saturated rings. The van der Waals surface area contributed by atoms with Crippen molar-refractivity contribution < 1.29 is 23.9 Å². The Labute approximate surface area is 218 Å². The Morgan fingerprint density at radius 2 is 1.62 bits per heavy atom. The molecule has 4 N–H and O–H groups in total. The van der Waals surface area contributed by atoms with Crippen molar-refractivity contribution >= 4 is 29.5 Å². The van der Waals surface area contributed by atoms with Crippen LogP contribution in [0.15, 0.2) is 48.5 Å². The number of primary amides is 1. The number of alkyl carbamates (subject to hydrolysis) is 1. The molecule has 0 spiro atoms. The summed E-state index contributed by atoms with van der Waals surface area (Å²) in [5.41, 5.74) is 7.65. The molecule has 9 heteroatoms. The van der Waals surface area contributed by atoms with Gasteiger partial charge in [-0.25, -0.2) is 4.79 Å². The first kappa shape index (κ1) is 29.4. The number of anilines is 1. The van der Waals surface area contributed by atoms with Crippen molar-refractivity contribution in [3.05, 3.63) is 65.2 Å². The number of amides is 4. The molecule has 0 bridgehead atoms. The summed E-state index contributed by atoms with van der Waals surface area (Å²) in [7, 11) is 0. The lowest BCUT2D eigenvalue weighted by Gasteiger charge is -2.34. The SMILES string of the molecule is CCN(C(=O)C(CCC(N)=O)NC(=O)OC(C)(C)C)C(C(=O)Nc1ccccc1C)c1ccc(C)cc1. The Bertz CT molecular complexity index is 1110. The molecule has 0 saturated heterocycles. The van der Waals surface area contributed by atoms with Gasteiger partial charge in [-0.1, -0.05) is 48.0 Å². The summed E-state index contributed by atoms with van der Waals surface area (Å²) < 4.78 is 5.32. The van der Waals surface area contributed by atoms with Crippen LogP contribution in [-0.2, 0) is 19.1 Å². The number of likely N-dealkylation sites (N-methyl/N-ethyl adjacent to an activating group) is 1. The summed E-state index contributed by atoms with van der Waals surface area (Å²) in [5, 5.41) is 5.50. The van der Waals surface area contributed by atoms with Gasteiger partial charge in [0.25, 0.3) is 5.91 Å². The molecular weight excluding hydrogens is 472 g/mol. The molecule has 0 aliphatic rings. The van der Waals surface area contributed by atoms with Crippen molar-refractivity contribution in [2.24, 2.45) is 5.73 Å². The van der Waals surface area contributed by atoms with Crippen LogP contribution in [0.2, 0.25) is 0 Å². The van der Waals surface area contributed by atoms with E-state index in [4.69, 9.17) is 10.5 Å². The second-order valence-corrected chi connectivity index (χ2v) is 9.95. The molecule has 2 aromatic carbocycles. The van der Waals surface area contributed by atoms with Gasteiger partial charge in [0.05, 0.1) is 0 Å². The molecule has 37 heavy (non-hydrogen) atoms. The fourth-order valence-corrected chi connectivity index (χ4v) is 3.80. The lowest BCUT2D eigenvalue weighted by molar-refractivity contribution is -0.140. The Balaban J connectivity index is 2.45. The zero-order valence-corrected chi connectivity index (χ0v) is 22.5. The smallest absolute Gasteiger partial charge is 0.408 e. The first-order valence-electron chi connectivity index (χ1n) is 12.3. The van der Waals surface area contributed by atoms with Crippen molar-refractivity contribution in [3.63, 3.8) is 0 Å². The minimum Gasteiger partial charge on any atom is -0.444 e. The average Bonchev–Trinajstić information content (AvgIpc) is 2.80. The fraction of sp³-hybridized carbons (Fsp3) is 0.429. The van der Waals surface area contributed by atoms with Crippen LogP contribution in [0.1, 0.15) is 63.3 Å². The van der Waals surface area contributed by atoms with E-state index in [2.05, 4.69) is 10.6 Å². The van der Waals surface area contributed by atoms with E-state index in [1.165, 1.54) is 4.90 Å². The molecule has 0 aromatic heterocycles. The highest BCUT2D eigenvalue weighted by atomic mass is 16.6. The molecule has 2 aromatic rings. The van der Waals surface area contributed by atoms with Crippen molar-refractivity contribution in [3.8, 4) is 0 Å². The second kappa shape index (κ2) is 12.9. The van der Waals surface area contributed by atoms with Crippen LogP contribution in [0.5, 0.6) is 0 Å². The molecule has 0 radical (unpaired) electrons. The molecular formula is C28H38N4O5. The predicted molar refractivity (Wildman–Crippen MR) is 143 cm³/mol.